The average molecular weight is 961 g/mol. The van der Waals surface area contributed by atoms with Crippen molar-refractivity contribution in [1.29, 1.82) is 5.26 Å². The number of nitrogens with zero attached hydrogens (tertiary/aromatic N) is 9. The topological polar surface area (TPSA) is 177 Å². The predicted octanol–water partition coefficient (Wildman–Crippen LogP) is 0.780. The van der Waals surface area contributed by atoms with E-state index in [1.54, 1.807) is 29.8 Å². The maximum absolute atomic E-state index is 13.1. The fourth-order valence-corrected chi connectivity index (χ4v) is 11.1. The largest absolute Gasteiger partial charge is 1.00 e. The number of rotatable bonds is 13. The van der Waals surface area contributed by atoms with Crippen LogP contribution in [0.15, 0.2) is 69.7 Å². The Balaban J connectivity index is 0.00000266. The van der Waals surface area contributed by atoms with Gasteiger partial charge >= 0.3 is 75.4 Å². The Morgan fingerprint density at radius 1 is 0.843 bits per heavy atom. The van der Waals surface area contributed by atoms with Gasteiger partial charge in [-0.2, -0.15) is 91.8 Å². The molecule has 20 heteroatoms. The number of nitriles is 1. The van der Waals surface area contributed by atoms with E-state index in [-0.39, 0.29) is 98.1 Å². The second-order valence-electron chi connectivity index (χ2n) is 17.0. The molecule has 0 saturated heterocycles. The Morgan fingerprint density at radius 2 is 1.49 bits per heavy atom. The van der Waals surface area contributed by atoms with Crippen molar-refractivity contribution in [3.8, 4) is 11.2 Å². The third-order valence-electron chi connectivity index (χ3n) is 11.3. The standard InChI is InChI=1S/C50H49N10O3S3.4Li/c1-11-31-23-28(5)24-32(12-2)42(31)55-46-41(56-57-47-35(27-51)45(50(8,9)10)58-60(47)49-53-37-20-16-18-22-39(37)65-49)29(6)26-40(54-46)59(48-52-36-19-15-17-21-38(36)64-48)43-33(13-3)25-30(7)44(34(43)14-4)66(61,62)63;;;;/h15-16,19-23,25-26H,11-14H2,1-10H3,(H,54,55)(H,61,62,63);;;;/q-3;4*+1/p-1. The van der Waals surface area contributed by atoms with Crippen molar-refractivity contribution in [2.45, 2.75) is 105 Å². The molecule has 0 radical (unpaired) electrons. The van der Waals surface area contributed by atoms with Crippen molar-refractivity contribution in [1.82, 2.24) is 24.7 Å². The minimum Gasteiger partial charge on any atom is -0.744 e. The molecule has 0 aliphatic rings. The molecule has 0 aliphatic carbocycles. The molecule has 1 N–H and O–H groups in total. The molecule has 0 amide bonds. The third-order valence-corrected chi connectivity index (χ3v) is 14.4. The van der Waals surface area contributed by atoms with Crippen molar-refractivity contribution in [2.75, 3.05) is 10.2 Å². The molecule has 0 aliphatic heterocycles. The van der Waals surface area contributed by atoms with Crippen molar-refractivity contribution >= 4 is 92.9 Å². The third kappa shape index (κ3) is 11.4. The van der Waals surface area contributed by atoms with Gasteiger partial charge in [0, 0.05) is 5.41 Å². The van der Waals surface area contributed by atoms with E-state index in [1.165, 1.54) is 22.7 Å². The van der Waals surface area contributed by atoms with Gasteiger partial charge in [-0.25, -0.2) is 23.4 Å². The summed E-state index contributed by atoms with van der Waals surface area (Å²) in [6.07, 6.45) is 2.15. The Kier molecular flexibility index (Phi) is 19.8. The number of pyridine rings is 1. The molecular weight excluding hydrogens is 913 g/mol. The first-order valence-electron chi connectivity index (χ1n) is 21.7. The second-order valence-corrected chi connectivity index (χ2v) is 20.3. The van der Waals surface area contributed by atoms with Crippen LogP contribution in [0.5, 0.6) is 0 Å². The average Bonchev–Trinajstić information content (AvgIpc) is 4.01. The summed E-state index contributed by atoms with van der Waals surface area (Å²) < 4.78 is 42.6. The van der Waals surface area contributed by atoms with Gasteiger partial charge in [0.2, 0.25) is 0 Å². The summed E-state index contributed by atoms with van der Waals surface area (Å²) in [6.45, 7) is 19.6. The van der Waals surface area contributed by atoms with Crippen LogP contribution in [0.3, 0.4) is 0 Å². The van der Waals surface area contributed by atoms with E-state index < -0.39 is 15.5 Å². The minimum absolute atomic E-state index is 0. The number of anilines is 5. The molecule has 8 aromatic rings. The number of aromatic nitrogens is 5. The number of hydrogen-bond acceptors (Lipinski definition) is 14. The molecule has 0 unspecified atom stereocenters. The monoisotopic (exact) mass is 960 g/mol. The molecule has 0 atom stereocenters. The van der Waals surface area contributed by atoms with Gasteiger partial charge in [0.05, 0.1) is 16.3 Å². The Morgan fingerprint density at radius 3 is 2.04 bits per heavy atom. The van der Waals surface area contributed by atoms with Crippen molar-refractivity contribution in [3.63, 3.8) is 0 Å². The van der Waals surface area contributed by atoms with E-state index in [0.717, 1.165) is 48.4 Å². The number of fused-ring (bicyclic) bond motifs is 2. The molecule has 4 heterocycles. The van der Waals surface area contributed by atoms with Gasteiger partial charge in [0.25, 0.3) is 0 Å². The summed E-state index contributed by atoms with van der Waals surface area (Å²) in [4.78, 5) is 16.9. The number of nitrogens with one attached hydrogen (secondary N) is 1. The van der Waals surface area contributed by atoms with Crippen LogP contribution in [-0.2, 0) is 41.2 Å². The zero-order chi connectivity index (χ0) is 47.2. The summed E-state index contributed by atoms with van der Waals surface area (Å²) in [7, 11) is -4.91. The number of azo groups is 1. The van der Waals surface area contributed by atoms with Gasteiger partial charge in [-0.1, -0.05) is 89.4 Å². The summed E-state index contributed by atoms with van der Waals surface area (Å²) in [5.41, 5.74) is 8.74. The van der Waals surface area contributed by atoms with Gasteiger partial charge in [0.15, 0.2) is 16.1 Å². The van der Waals surface area contributed by atoms with Crippen molar-refractivity contribution in [3.05, 3.63) is 123 Å². The fraction of sp³-hybridized carbons (Fsp3) is 0.300. The molecule has 0 bridgehead atoms. The number of thiazole rings is 2. The number of benzene rings is 4. The molecule has 0 fully saturated rings. The SMILES string of the molecule is CCc1[c-]c(C)cc(CC)c1Nc1nc(N(c2nc3cc[c-]cc3s2)c2c(CC)cc(C)c(S(=O)(=O)[O-])c2CC)cc(C)c1N=Nc1c(C#N)c(C(C)(C)C)nn1-c1nc2cc[c-]cc2s1.[Li+].[Li+].[Li+].[Li+]. The zero-order valence-corrected chi connectivity index (χ0v) is 44.9. The molecular formula is C50H48Li4N10O3S3. The smallest absolute Gasteiger partial charge is 0.744 e. The van der Waals surface area contributed by atoms with Crippen molar-refractivity contribution in [2.24, 2.45) is 10.2 Å². The first kappa shape index (κ1) is 58.6. The van der Waals surface area contributed by atoms with Gasteiger partial charge in [-0.15, -0.1) is 33.5 Å². The summed E-state index contributed by atoms with van der Waals surface area (Å²) in [6, 6.07) is 29.0. The van der Waals surface area contributed by atoms with Crippen LogP contribution < -0.4 is 85.7 Å². The molecule has 8 rings (SSSR count). The van der Waals surface area contributed by atoms with Crippen LogP contribution in [0.4, 0.5) is 39.6 Å². The Bertz CT molecular complexity index is 3300. The second kappa shape index (κ2) is 23.7. The number of hydrogen-bond donors (Lipinski definition) is 1. The summed E-state index contributed by atoms with van der Waals surface area (Å²) in [5, 5.41) is 30.2. The normalized spacial score (nSPS) is 11.5. The van der Waals surface area contributed by atoms with Crippen LogP contribution in [0.25, 0.3) is 25.6 Å². The molecule has 4 aromatic heterocycles. The summed E-state index contributed by atoms with van der Waals surface area (Å²) >= 11 is 2.81. The molecule has 0 spiro atoms. The van der Waals surface area contributed by atoms with E-state index in [0.29, 0.717) is 74.9 Å². The van der Waals surface area contributed by atoms with E-state index in [2.05, 4.69) is 49.5 Å². The van der Waals surface area contributed by atoms with Crippen LogP contribution in [-0.4, -0.2) is 37.7 Å². The fourth-order valence-electron chi connectivity index (χ4n) is 8.28. The quantitative estimate of drug-likeness (QED) is 0.0753. The molecule has 338 valence electrons. The first-order chi connectivity index (χ1) is 31.5. The Hall–Kier alpha value is -3.99. The van der Waals surface area contributed by atoms with E-state index in [9.17, 15) is 18.2 Å². The molecule has 13 nitrogen and oxygen atoms in total. The maximum atomic E-state index is 13.1. The Labute approximate surface area is 466 Å². The van der Waals surface area contributed by atoms with Gasteiger partial charge in [-0.3, -0.25) is 4.90 Å². The number of aryl methyl sites for hydroxylation is 6. The maximum Gasteiger partial charge on any atom is 1.00 e. The van der Waals surface area contributed by atoms with Gasteiger partial charge in [0.1, 0.15) is 39.1 Å². The van der Waals surface area contributed by atoms with Crippen LogP contribution in [0, 0.1) is 50.3 Å². The van der Waals surface area contributed by atoms with Crippen LogP contribution in [0.1, 0.15) is 98.7 Å². The first-order valence-corrected chi connectivity index (χ1v) is 24.8. The minimum atomic E-state index is -4.91. The zero-order valence-electron chi connectivity index (χ0n) is 42.5. The van der Waals surface area contributed by atoms with Crippen molar-refractivity contribution < 1.29 is 88.4 Å². The predicted molar refractivity (Wildman–Crippen MR) is 262 cm³/mol. The molecule has 0 saturated carbocycles. The molecule has 4 aromatic carbocycles. The van der Waals surface area contributed by atoms with Crippen LogP contribution >= 0.6 is 22.7 Å². The van der Waals surface area contributed by atoms with Crippen LogP contribution in [0.2, 0.25) is 0 Å². The van der Waals surface area contributed by atoms with Gasteiger partial charge in [-0.05, 0) is 66.0 Å². The van der Waals surface area contributed by atoms with Gasteiger partial charge < -0.3 is 9.87 Å². The summed E-state index contributed by atoms with van der Waals surface area (Å²) in [5.74, 6) is 0.952. The molecule has 70 heavy (non-hydrogen) atoms. The van der Waals surface area contributed by atoms with E-state index in [1.807, 2.05) is 83.7 Å². The van der Waals surface area contributed by atoms with E-state index in [4.69, 9.17) is 30.3 Å². The van der Waals surface area contributed by atoms with E-state index >= 15 is 0 Å².